The van der Waals surface area contributed by atoms with E-state index in [1.165, 1.54) is 0 Å². The lowest BCUT2D eigenvalue weighted by molar-refractivity contribution is 0.195. The molecule has 27 heavy (non-hydrogen) atoms. The summed E-state index contributed by atoms with van der Waals surface area (Å²) in [4.78, 5) is 12.8. The summed E-state index contributed by atoms with van der Waals surface area (Å²) in [6.45, 7) is 2.22. The van der Waals surface area contributed by atoms with Crippen LogP contribution in [0.5, 0.6) is 5.88 Å². The Hall–Kier alpha value is -1.77. The Bertz CT molecular complexity index is 759. The molecule has 9 heteroatoms. The van der Waals surface area contributed by atoms with Gasteiger partial charge in [-0.25, -0.2) is 0 Å². The SMILES string of the molecule is CCC[C@@H](CCO)Nc1cc(O[C@@H]2CCc3c(Cl)ccnc32)nc(N)n1.S. The second kappa shape index (κ2) is 9.96. The van der Waals surface area contributed by atoms with Gasteiger partial charge in [-0.15, -0.1) is 0 Å². The molecule has 0 spiro atoms. The van der Waals surface area contributed by atoms with E-state index in [1.54, 1.807) is 18.3 Å². The first-order valence-corrected chi connectivity index (χ1v) is 9.30. The van der Waals surface area contributed by atoms with Crippen LogP contribution in [0.3, 0.4) is 0 Å². The molecular weight excluding hydrogens is 386 g/mol. The number of aliphatic hydroxyl groups excluding tert-OH is 1. The van der Waals surface area contributed by atoms with E-state index in [0.29, 0.717) is 18.1 Å². The molecule has 2 aromatic rings. The van der Waals surface area contributed by atoms with Gasteiger partial charge in [-0.05, 0) is 37.3 Å². The number of hydrogen-bond donors (Lipinski definition) is 3. The van der Waals surface area contributed by atoms with Crippen LogP contribution in [-0.4, -0.2) is 32.7 Å². The lowest BCUT2D eigenvalue weighted by Crippen LogP contribution is -2.22. The summed E-state index contributed by atoms with van der Waals surface area (Å²) < 4.78 is 6.04. The van der Waals surface area contributed by atoms with Crippen molar-refractivity contribution in [3.05, 3.63) is 34.6 Å². The summed E-state index contributed by atoms with van der Waals surface area (Å²) in [6, 6.07) is 3.65. The molecule has 2 atom stereocenters. The zero-order valence-corrected chi connectivity index (χ0v) is 17.0. The number of halogens is 1. The molecule has 7 nitrogen and oxygen atoms in total. The highest BCUT2D eigenvalue weighted by molar-refractivity contribution is 7.59. The number of nitrogens with zero attached hydrogens (tertiary/aromatic N) is 3. The highest BCUT2D eigenvalue weighted by Gasteiger charge is 2.28. The summed E-state index contributed by atoms with van der Waals surface area (Å²) in [5.41, 5.74) is 7.74. The Morgan fingerprint density at radius 1 is 1.41 bits per heavy atom. The maximum absolute atomic E-state index is 9.22. The van der Waals surface area contributed by atoms with Crippen LogP contribution in [0.1, 0.15) is 50.0 Å². The van der Waals surface area contributed by atoms with Crippen LogP contribution < -0.4 is 15.8 Å². The number of nitrogens with two attached hydrogens (primary N) is 1. The van der Waals surface area contributed by atoms with Gasteiger partial charge in [-0.3, -0.25) is 4.98 Å². The molecule has 3 rings (SSSR count). The lowest BCUT2D eigenvalue weighted by atomic mass is 10.1. The maximum Gasteiger partial charge on any atom is 0.225 e. The predicted octanol–water partition coefficient (Wildman–Crippen LogP) is 3.25. The third kappa shape index (κ3) is 5.37. The molecule has 0 amide bonds. The van der Waals surface area contributed by atoms with Gasteiger partial charge in [0, 0.05) is 29.9 Å². The second-order valence-corrected chi connectivity index (χ2v) is 6.80. The van der Waals surface area contributed by atoms with Gasteiger partial charge < -0.3 is 20.9 Å². The number of rotatable bonds is 8. The van der Waals surface area contributed by atoms with Crippen LogP contribution in [0.15, 0.2) is 18.3 Å². The van der Waals surface area contributed by atoms with Crippen molar-refractivity contribution < 1.29 is 9.84 Å². The lowest BCUT2D eigenvalue weighted by Gasteiger charge is -2.19. The average Bonchev–Trinajstić information content (AvgIpc) is 2.99. The largest absolute Gasteiger partial charge is 0.468 e. The Labute approximate surface area is 171 Å². The smallest absolute Gasteiger partial charge is 0.225 e. The summed E-state index contributed by atoms with van der Waals surface area (Å²) >= 11 is 6.23. The molecule has 1 aliphatic carbocycles. The number of fused-ring (bicyclic) bond motifs is 1. The number of nitrogens with one attached hydrogen (secondary N) is 1. The fourth-order valence-corrected chi connectivity index (χ4v) is 3.51. The molecule has 0 aliphatic heterocycles. The Kier molecular flexibility index (Phi) is 7.94. The molecule has 0 fully saturated rings. The zero-order chi connectivity index (χ0) is 18.5. The molecule has 0 aromatic carbocycles. The first-order valence-electron chi connectivity index (χ1n) is 8.92. The van der Waals surface area contributed by atoms with Gasteiger partial charge in [0.2, 0.25) is 11.8 Å². The number of hydrogen-bond acceptors (Lipinski definition) is 7. The summed E-state index contributed by atoms with van der Waals surface area (Å²) in [5, 5.41) is 13.2. The molecule has 0 bridgehead atoms. The van der Waals surface area contributed by atoms with Gasteiger partial charge in [0.05, 0.1) is 5.69 Å². The van der Waals surface area contributed by atoms with Crippen molar-refractivity contribution in [3.8, 4) is 5.88 Å². The Morgan fingerprint density at radius 2 is 2.22 bits per heavy atom. The minimum atomic E-state index is -0.199. The van der Waals surface area contributed by atoms with Gasteiger partial charge >= 0.3 is 0 Å². The first kappa shape index (κ1) is 21.5. The van der Waals surface area contributed by atoms with E-state index in [2.05, 4.69) is 27.2 Å². The third-order valence-corrected chi connectivity index (χ3v) is 4.80. The van der Waals surface area contributed by atoms with Crippen LogP contribution in [-0.2, 0) is 6.42 Å². The first-order chi connectivity index (χ1) is 12.6. The normalized spacial score (nSPS) is 16.3. The van der Waals surface area contributed by atoms with Gasteiger partial charge in [0.1, 0.15) is 11.9 Å². The third-order valence-electron chi connectivity index (χ3n) is 4.44. The van der Waals surface area contributed by atoms with Crippen LogP contribution >= 0.6 is 25.1 Å². The van der Waals surface area contributed by atoms with E-state index < -0.39 is 0 Å². The highest BCUT2D eigenvalue weighted by atomic mass is 35.5. The van der Waals surface area contributed by atoms with E-state index >= 15 is 0 Å². The standard InChI is InChI=1S/C18H24ClN5O2.H2S/c1-2-3-11(7-9-25)22-15-10-16(24-18(20)23-15)26-14-5-4-12-13(19)6-8-21-17(12)14;/h6,8,10-11,14,25H,2-5,7,9H2,1H3,(H3,20,22,23,24);1H2/t11-,14+;/m0./s1. The zero-order valence-electron chi connectivity index (χ0n) is 15.3. The molecule has 2 heterocycles. The summed E-state index contributed by atoms with van der Waals surface area (Å²) in [6.07, 6.45) is 5.69. The molecule has 2 aromatic heterocycles. The second-order valence-electron chi connectivity index (χ2n) is 6.39. The number of anilines is 2. The molecule has 1 aliphatic rings. The fourth-order valence-electron chi connectivity index (χ4n) is 3.26. The quantitative estimate of drug-likeness (QED) is 0.612. The number of nitrogen functional groups attached to an aromatic ring is 1. The van der Waals surface area contributed by atoms with Crippen molar-refractivity contribution in [1.82, 2.24) is 15.0 Å². The highest BCUT2D eigenvalue weighted by Crippen LogP contribution is 2.36. The van der Waals surface area contributed by atoms with Crippen molar-refractivity contribution in [3.63, 3.8) is 0 Å². The fraction of sp³-hybridized carbons (Fsp3) is 0.500. The number of ether oxygens (including phenoxy) is 1. The summed E-state index contributed by atoms with van der Waals surface area (Å²) in [5.74, 6) is 1.14. The van der Waals surface area contributed by atoms with E-state index in [-0.39, 0.29) is 38.2 Å². The van der Waals surface area contributed by atoms with Crippen LogP contribution in [0.4, 0.5) is 11.8 Å². The van der Waals surface area contributed by atoms with Crippen molar-refractivity contribution in [1.29, 1.82) is 0 Å². The molecular formula is C18H26ClN5O2S. The molecule has 0 saturated carbocycles. The van der Waals surface area contributed by atoms with Crippen molar-refractivity contribution in [2.24, 2.45) is 0 Å². The van der Waals surface area contributed by atoms with Gasteiger partial charge in [0.15, 0.2) is 0 Å². The molecule has 148 valence electrons. The number of aromatic nitrogens is 3. The van der Waals surface area contributed by atoms with E-state index in [0.717, 1.165) is 42.0 Å². The minimum Gasteiger partial charge on any atom is -0.468 e. The Morgan fingerprint density at radius 3 is 2.96 bits per heavy atom. The van der Waals surface area contributed by atoms with Crippen LogP contribution in [0, 0.1) is 0 Å². The van der Waals surface area contributed by atoms with Crippen LogP contribution in [0.25, 0.3) is 0 Å². The van der Waals surface area contributed by atoms with Gasteiger partial charge in [-0.1, -0.05) is 24.9 Å². The molecule has 0 radical (unpaired) electrons. The maximum atomic E-state index is 9.22. The van der Waals surface area contributed by atoms with Crippen molar-refractivity contribution >= 4 is 36.9 Å². The van der Waals surface area contributed by atoms with E-state index in [9.17, 15) is 5.11 Å². The van der Waals surface area contributed by atoms with Gasteiger partial charge in [0.25, 0.3) is 0 Å². The van der Waals surface area contributed by atoms with E-state index in [4.69, 9.17) is 22.1 Å². The van der Waals surface area contributed by atoms with Gasteiger partial charge in [-0.2, -0.15) is 23.5 Å². The van der Waals surface area contributed by atoms with Crippen molar-refractivity contribution in [2.45, 2.75) is 51.2 Å². The topological polar surface area (TPSA) is 106 Å². The van der Waals surface area contributed by atoms with Crippen molar-refractivity contribution in [2.75, 3.05) is 17.7 Å². The average molecular weight is 412 g/mol. The molecule has 0 unspecified atom stereocenters. The minimum absolute atomic E-state index is 0. The monoisotopic (exact) mass is 411 g/mol. The summed E-state index contributed by atoms with van der Waals surface area (Å²) in [7, 11) is 0. The predicted molar refractivity (Wildman–Crippen MR) is 112 cm³/mol. The Balaban J connectivity index is 0.00000261. The number of aliphatic hydroxyl groups is 1. The number of pyridine rings is 1. The van der Waals surface area contributed by atoms with Crippen LogP contribution in [0.2, 0.25) is 5.02 Å². The van der Waals surface area contributed by atoms with E-state index in [1.807, 2.05) is 0 Å². The molecule has 0 saturated heterocycles. The molecule has 4 N–H and O–H groups in total.